The fraction of sp³-hybridized carbons (Fsp3) is 0.462. The Kier molecular flexibility index (Phi) is 3.64. The van der Waals surface area contributed by atoms with Crippen LogP contribution in [0.4, 0.5) is 0 Å². The minimum absolute atomic E-state index is 0.603. The number of hydrogen-bond donors (Lipinski definition) is 1. The number of aliphatic hydroxyl groups excluding tert-OH is 1. The van der Waals surface area contributed by atoms with Gasteiger partial charge in [-0.15, -0.1) is 11.3 Å². The number of nitrogens with zero attached hydrogens (tertiary/aromatic N) is 2. The van der Waals surface area contributed by atoms with Crippen LogP contribution in [0.15, 0.2) is 18.5 Å². The van der Waals surface area contributed by atoms with Crippen molar-refractivity contribution in [3.8, 4) is 0 Å². The molecule has 0 spiro atoms. The highest BCUT2D eigenvalue weighted by atomic mass is 32.1. The molecule has 0 aliphatic heterocycles. The molecule has 3 nitrogen and oxygen atoms in total. The second-order valence-electron chi connectivity index (χ2n) is 4.27. The third-order valence-corrected chi connectivity index (χ3v) is 4.12. The van der Waals surface area contributed by atoms with Crippen LogP contribution in [0.3, 0.4) is 0 Å². The first kappa shape index (κ1) is 12.3. The first-order valence-electron chi connectivity index (χ1n) is 5.89. The molecular formula is C13H18N2OS. The molecule has 0 aliphatic carbocycles. The van der Waals surface area contributed by atoms with E-state index in [1.54, 1.807) is 17.5 Å². The Labute approximate surface area is 106 Å². The Hall–Kier alpha value is -1.13. The highest BCUT2D eigenvalue weighted by Crippen LogP contribution is 2.29. The molecule has 0 saturated carbocycles. The van der Waals surface area contributed by atoms with Crippen molar-refractivity contribution in [3.05, 3.63) is 39.6 Å². The first-order valence-corrected chi connectivity index (χ1v) is 6.71. The molecule has 2 aromatic heterocycles. The van der Waals surface area contributed by atoms with Crippen molar-refractivity contribution in [1.82, 2.24) is 9.55 Å². The van der Waals surface area contributed by atoms with Gasteiger partial charge in [-0.25, -0.2) is 4.98 Å². The summed E-state index contributed by atoms with van der Waals surface area (Å²) < 4.78 is 2.02. The molecule has 1 N–H and O–H groups in total. The predicted octanol–water partition coefficient (Wildman–Crippen LogP) is 3.05. The van der Waals surface area contributed by atoms with Gasteiger partial charge in [-0.2, -0.15) is 0 Å². The van der Waals surface area contributed by atoms with Crippen LogP contribution in [0.5, 0.6) is 0 Å². The first-order chi connectivity index (χ1) is 8.13. The summed E-state index contributed by atoms with van der Waals surface area (Å²) in [4.78, 5) is 6.50. The zero-order valence-electron chi connectivity index (χ0n) is 10.5. The fourth-order valence-corrected chi connectivity index (χ4v) is 2.89. The highest BCUT2D eigenvalue weighted by Gasteiger charge is 2.18. The molecule has 0 saturated heterocycles. The number of rotatable bonds is 4. The Bertz CT molecular complexity index is 482. The lowest BCUT2D eigenvalue weighted by Crippen LogP contribution is -2.08. The summed E-state index contributed by atoms with van der Waals surface area (Å²) in [6.45, 7) is 7.17. The monoisotopic (exact) mass is 250 g/mol. The molecule has 92 valence electrons. The van der Waals surface area contributed by atoms with Gasteiger partial charge in [0.2, 0.25) is 0 Å². The number of imidazole rings is 1. The van der Waals surface area contributed by atoms with Crippen LogP contribution in [0.2, 0.25) is 0 Å². The van der Waals surface area contributed by atoms with E-state index in [9.17, 15) is 5.11 Å². The average molecular weight is 250 g/mol. The molecule has 2 rings (SSSR count). The van der Waals surface area contributed by atoms with Crippen LogP contribution in [-0.2, 0) is 6.54 Å². The fourth-order valence-electron chi connectivity index (χ4n) is 1.86. The maximum absolute atomic E-state index is 10.4. The average Bonchev–Trinajstić information content (AvgIpc) is 2.87. The van der Waals surface area contributed by atoms with Crippen molar-refractivity contribution >= 4 is 11.3 Å². The van der Waals surface area contributed by atoms with Gasteiger partial charge >= 0.3 is 0 Å². The standard InChI is InChI=1S/C13H18N2OS/c1-4-6-15-7-5-14-13(15)12(16)11-8-9(2)10(3)17-11/h5,7-8,12,16H,4,6H2,1-3H3. The van der Waals surface area contributed by atoms with E-state index < -0.39 is 6.10 Å². The van der Waals surface area contributed by atoms with Gasteiger partial charge in [0.25, 0.3) is 0 Å². The van der Waals surface area contributed by atoms with Crippen molar-refractivity contribution in [3.63, 3.8) is 0 Å². The largest absolute Gasteiger partial charge is 0.380 e. The van der Waals surface area contributed by atoms with Crippen LogP contribution in [0.25, 0.3) is 0 Å². The molecule has 0 radical (unpaired) electrons. The third kappa shape index (κ3) is 2.42. The summed E-state index contributed by atoms with van der Waals surface area (Å²) in [7, 11) is 0. The van der Waals surface area contributed by atoms with E-state index in [0.717, 1.165) is 23.7 Å². The highest BCUT2D eigenvalue weighted by molar-refractivity contribution is 7.12. The third-order valence-electron chi connectivity index (χ3n) is 2.91. The molecule has 0 bridgehead atoms. The summed E-state index contributed by atoms with van der Waals surface area (Å²) in [6, 6.07) is 2.05. The van der Waals surface area contributed by atoms with Crippen molar-refractivity contribution < 1.29 is 5.11 Å². The van der Waals surface area contributed by atoms with E-state index in [4.69, 9.17) is 0 Å². The molecule has 0 fully saturated rings. The molecule has 2 aromatic rings. The predicted molar refractivity (Wildman–Crippen MR) is 70.4 cm³/mol. The number of aryl methyl sites for hydroxylation is 3. The Morgan fingerprint density at radius 1 is 1.47 bits per heavy atom. The van der Waals surface area contributed by atoms with Gasteiger partial charge in [0.15, 0.2) is 0 Å². The van der Waals surface area contributed by atoms with Gasteiger partial charge in [-0.05, 0) is 31.9 Å². The molecule has 4 heteroatoms. The molecule has 0 aromatic carbocycles. The summed E-state index contributed by atoms with van der Waals surface area (Å²) in [5.41, 5.74) is 1.23. The van der Waals surface area contributed by atoms with Gasteiger partial charge in [0, 0.05) is 28.7 Å². The molecule has 0 amide bonds. The van der Waals surface area contributed by atoms with Gasteiger partial charge in [0.1, 0.15) is 11.9 Å². The summed E-state index contributed by atoms with van der Waals surface area (Å²) >= 11 is 1.64. The van der Waals surface area contributed by atoms with Gasteiger partial charge in [-0.3, -0.25) is 0 Å². The van der Waals surface area contributed by atoms with Gasteiger partial charge < -0.3 is 9.67 Å². The maximum Gasteiger partial charge on any atom is 0.146 e. The molecule has 1 atom stereocenters. The Morgan fingerprint density at radius 3 is 2.82 bits per heavy atom. The second-order valence-corrected chi connectivity index (χ2v) is 5.56. The van der Waals surface area contributed by atoms with Crippen LogP contribution >= 0.6 is 11.3 Å². The second kappa shape index (κ2) is 5.02. The lowest BCUT2D eigenvalue weighted by atomic mass is 10.2. The number of aliphatic hydroxyl groups is 1. The van der Waals surface area contributed by atoms with E-state index in [1.807, 2.05) is 10.8 Å². The molecule has 17 heavy (non-hydrogen) atoms. The zero-order chi connectivity index (χ0) is 12.4. The van der Waals surface area contributed by atoms with Crippen LogP contribution in [0, 0.1) is 13.8 Å². The molecule has 1 unspecified atom stereocenters. The van der Waals surface area contributed by atoms with E-state index in [0.29, 0.717) is 0 Å². The maximum atomic E-state index is 10.4. The van der Waals surface area contributed by atoms with E-state index in [2.05, 4.69) is 31.8 Å². The lowest BCUT2D eigenvalue weighted by Gasteiger charge is -2.11. The van der Waals surface area contributed by atoms with Crippen molar-refractivity contribution in [1.29, 1.82) is 0 Å². The van der Waals surface area contributed by atoms with Crippen LogP contribution in [0.1, 0.15) is 40.6 Å². The number of thiophene rings is 1. The summed E-state index contributed by atoms with van der Waals surface area (Å²) in [5.74, 6) is 0.744. The normalized spacial score (nSPS) is 12.9. The zero-order valence-corrected chi connectivity index (χ0v) is 11.3. The van der Waals surface area contributed by atoms with Gasteiger partial charge in [0.05, 0.1) is 0 Å². The minimum Gasteiger partial charge on any atom is -0.380 e. The van der Waals surface area contributed by atoms with E-state index in [1.165, 1.54) is 10.4 Å². The smallest absolute Gasteiger partial charge is 0.146 e. The number of hydrogen-bond acceptors (Lipinski definition) is 3. The Morgan fingerprint density at radius 2 is 2.24 bits per heavy atom. The van der Waals surface area contributed by atoms with Gasteiger partial charge in [-0.1, -0.05) is 6.92 Å². The SMILES string of the molecule is CCCn1ccnc1C(O)c1cc(C)c(C)s1. The quantitative estimate of drug-likeness (QED) is 0.905. The summed E-state index contributed by atoms with van der Waals surface area (Å²) in [6.07, 6.45) is 4.11. The molecular weight excluding hydrogens is 232 g/mol. The molecule has 2 heterocycles. The number of aromatic nitrogens is 2. The summed E-state index contributed by atoms with van der Waals surface area (Å²) in [5, 5.41) is 10.4. The molecule has 0 aliphatic rings. The van der Waals surface area contributed by atoms with E-state index >= 15 is 0 Å². The van der Waals surface area contributed by atoms with Crippen molar-refractivity contribution in [2.24, 2.45) is 0 Å². The lowest BCUT2D eigenvalue weighted by molar-refractivity contribution is 0.208. The van der Waals surface area contributed by atoms with Crippen molar-refractivity contribution in [2.75, 3.05) is 0 Å². The Balaban J connectivity index is 2.29. The van der Waals surface area contributed by atoms with Crippen LogP contribution < -0.4 is 0 Å². The van der Waals surface area contributed by atoms with Crippen molar-refractivity contribution in [2.45, 2.75) is 39.8 Å². The van der Waals surface area contributed by atoms with E-state index in [-0.39, 0.29) is 0 Å². The minimum atomic E-state index is -0.603. The topological polar surface area (TPSA) is 38.0 Å². The van der Waals surface area contributed by atoms with Crippen LogP contribution in [-0.4, -0.2) is 14.7 Å².